The maximum absolute atomic E-state index is 13.0. The highest BCUT2D eigenvalue weighted by molar-refractivity contribution is 5.98. The molecule has 18 heteroatoms. The fourth-order valence-corrected chi connectivity index (χ4v) is 15.0. The lowest BCUT2D eigenvalue weighted by molar-refractivity contribution is -0.129. The number of hydrogen-bond donors (Lipinski definition) is 0. The summed E-state index contributed by atoms with van der Waals surface area (Å²) in [4.78, 5) is 64.7. The number of benzene rings is 4. The van der Waals surface area contributed by atoms with E-state index in [9.17, 15) is 20.1 Å². The van der Waals surface area contributed by atoms with Gasteiger partial charge in [-0.05, 0) is 138 Å². The van der Waals surface area contributed by atoms with E-state index in [1.54, 1.807) is 9.80 Å². The lowest BCUT2D eigenvalue weighted by Crippen LogP contribution is -2.55. The van der Waals surface area contributed by atoms with Crippen LogP contribution >= 0.6 is 0 Å². The number of carbonyl (C=O) groups is 2. The van der Waals surface area contributed by atoms with Gasteiger partial charge in [0.15, 0.2) is 0 Å². The van der Waals surface area contributed by atoms with E-state index in [2.05, 4.69) is 156 Å². The van der Waals surface area contributed by atoms with Gasteiger partial charge in [-0.1, -0.05) is 68.1 Å². The van der Waals surface area contributed by atoms with E-state index < -0.39 is 0 Å². The Labute approximate surface area is 512 Å². The zero-order valence-electron chi connectivity index (χ0n) is 51.4. The fraction of sp³-hybridized carbons (Fsp3) is 0.478. The predicted octanol–water partition coefficient (Wildman–Crippen LogP) is 9.09. The fourth-order valence-electron chi connectivity index (χ4n) is 15.0. The minimum Gasteiger partial charge on any atom is -0.463 e. The van der Waals surface area contributed by atoms with Gasteiger partial charge in [-0.15, -0.1) is 0 Å². The first-order valence-electron chi connectivity index (χ1n) is 31.3. The lowest BCUT2D eigenvalue weighted by atomic mass is 9.69. The highest BCUT2D eigenvalue weighted by atomic mass is 16.5. The molecule has 2 aromatic heterocycles. The molecule has 12 rings (SSSR count). The molecule has 4 fully saturated rings. The third-order valence-electron chi connectivity index (χ3n) is 19.5. The van der Waals surface area contributed by atoms with Crippen LogP contribution in [0.25, 0.3) is 21.5 Å². The van der Waals surface area contributed by atoms with E-state index in [4.69, 9.17) is 29.4 Å². The largest absolute Gasteiger partial charge is 0.463 e. The molecular formula is C69H82N14O4. The van der Waals surface area contributed by atoms with E-state index in [0.29, 0.717) is 71.0 Å². The maximum atomic E-state index is 13.0. The number of aromatic nitrogens is 4. The first-order valence-corrected chi connectivity index (χ1v) is 31.3. The number of likely N-dealkylation sites (N-methyl/N-ethyl adjacent to an activating group) is 1. The van der Waals surface area contributed by atoms with Crippen molar-refractivity contribution < 1.29 is 19.1 Å². The Morgan fingerprint density at radius 3 is 1.82 bits per heavy atom. The van der Waals surface area contributed by atoms with Crippen LogP contribution in [0.3, 0.4) is 0 Å². The van der Waals surface area contributed by atoms with E-state index in [-0.39, 0.29) is 54.3 Å². The number of piperazine rings is 2. The molecule has 452 valence electrons. The second-order valence-electron chi connectivity index (χ2n) is 25.4. The minimum absolute atomic E-state index is 0.0357. The normalized spacial score (nSPS) is 20.9. The summed E-state index contributed by atoms with van der Waals surface area (Å²) >= 11 is 0. The molecule has 0 bridgehead atoms. The SMILES string of the molecule is C=CC(=O)N1CCN(c2nc(OCC3(CN(C)Cc4cc(N5CCc6c(nc(O[C@H]7CCC[C@@H]7N(C)C)nc6N6CCN(C(=O)C=C)[C@@H](CC#N)C6)C5)c5c(C)cccc5c4)CCC3)nc3c2CCN(c2cccc4cccc(C)c24)C3)C[C@@H]1CC#N. The number of carbonyl (C=O) groups excluding carboxylic acids is 2. The Morgan fingerprint density at radius 2 is 1.24 bits per heavy atom. The van der Waals surface area contributed by atoms with Gasteiger partial charge in [0.25, 0.3) is 0 Å². The highest BCUT2D eigenvalue weighted by Crippen LogP contribution is 2.44. The van der Waals surface area contributed by atoms with Gasteiger partial charge in [0.2, 0.25) is 11.8 Å². The van der Waals surface area contributed by atoms with E-state index in [1.165, 1.54) is 61.8 Å². The number of nitrogens with zero attached hydrogens (tertiary/aromatic N) is 14. The van der Waals surface area contributed by atoms with Crippen molar-refractivity contribution in [3.63, 3.8) is 0 Å². The molecule has 2 amide bonds. The summed E-state index contributed by atoms with van der Waals surface area (Å²) in [5.41, 5.74) is 10.0. The first kappa shape index (κ1) is 59.0. The summed E-state index contributed by atoms with van der Waals surface area (Å²) in [6.07, 6.45) is 10.8. The Hall–Kier alpha value is -8.32. The van der Waals surface area contributed by atoms with Crippen LogP contribution in [0, 0.1) is 41.9 Å². The Bertz CT molecular complexity index is 3700. The molecule has 2 aliphatic carbocycles. The van der Waals surface area contributed by atoms with Crippen molar-refractivity contribution in [3.8, 4) is 24.2 Å². The van der Waals surface area contributed by atoms with Gasteiger partial charge >= 0.3 is 12.0 Å². The summed E-state index contributed by atoms with van der Waals surface area (Å²) in [6, 6.07) is 29.4. The van der Waals surface area contributed by atoms with Crippen molar-refractivity contribution in [3.05, 3.63) is 131 Å². The first-order chi connectivity index (χ1) is 42.2. The average molecular weight is 1170 g/mol. The minimum atomic E-state index is -0.300. The molecule has 6 aromatic rings. The van der Waals surface area contributed by atoms with Crippen LogP contribution in [0.1, 0.15) is 90.6 Å². The van der Waals surface area contributed by atoms with Gasteiger partial charge in [0.1, 0.15) is 17.7 Å². The van der Waals surface area contributed by atoms with Crippen molar-refractivity contribution in [1.82, 2.24) is 39.5 Å². The van der Waals surface area contributed by atoms with Crippen molar-refractivity contribution in [2.75, 3.05) is 106 Å². The van der Waals surface area contributed by atoms with Crippen LogP contribution in [0.5, 0.6) is 12.0 Å². The van der Waals surface area contributed by atoms with Crippen LogP contribution in [0.2, 0.25) is 0 Å². The smallest absolute Gasteiger partial charge is 0.319 e. The van der Waals surface area contributed by atoms with Gasteiger partial charge in [-0.25, -0.2) is 0 Å². The number of amides is 2. The third kappa shape index (κ3) is 12.0. The molecule has 0 N–H and O–H groups in total. The number of fused-ring (bicyclic) bond motifs is 4. The van der Waals surface area contributed by atoms with Gasteiger partial charge < -0.3 is 48.7 Å². The predicted molar refractivity (Wildman–Crippen MR) is 341 cm³/mol. The molecule has 6 heterocycles. The summed E-state index contributed by atoms with van der Waals surface area (Å²) in [7, 11) is 6.45. The molecule has 18 nitrogen and oxygen atoms in total. The maximum Gasteiger partial charge on any atom is 0.319 e. The summed E-state index contributed by atoms with van der Waals surface area (Å²) < 4.78 is 13.7. The number of rotatable bonds is 18. The molecule has 0 spiro atoms. The Kier molecular flexibility index (Phi) is 17.1. The zero-order chi connectivity index (χ0) is 60.5. The number of ether oxygens (including phenoxy) is 2. The number of hydrogen-bond acceptors (Lipinski definition) is 16. The lowest BCUT2D eigenvalue weighted by Gasteiger charge is -2.44. The monoisotopic (exact) mass is 1170 g/mol. The van der Waals surface area contributed by atoms with Gasteiger partial charge in [-0.3, -0.25) is 9.59 Å². The quantitative estimate of drug-likeness (QED) is 0.0744. The standard InChI is InChI=1S/C69H82N14O4/c1-8-61(84)82-35-33-80(40-51(82)23-29-70)65-53-25-31-78(58-21-12-18-49-17-10-15-46(3)63(49)58)42-55(53)72-67(74-65)86-45-69(27-14-28-69)44-77(7)39-48-37-50-19-11-16-47(4)64(50)59(38-48)79-32-26-54-56(43-79)73-68(87-60-22-13-20-57(60)76(5)6)75-66(54)81-34-36-83(62(85)9-2)52(41-81)24-30-71/h8-12,15-19,21,37-38,51-52,57,60H,1-2,13-14,20,22-28,31-36,39-45H2,3-7H3/t51-,52-,57-,60-/m0/s1. The number of nitriles is 2. The average Bonchev–Trinajstić information content (AvgIpc) is 1.24. The third-order valence-corrected chi connectivity index (χ3v) is 19.5. The van der Waals surface area contributed by atoms with Crippen LogP contribution in [0.15, 0.2) is 92.0 Å². The summed E-state index contributed by atoms with van der Waals surface area (Å²) in [5, 5.41) is 24.7. The number of aryl methyl sites for hydroxylation is 2. The van der Waals surface area contributed by atoms with Crippen molar-refractivity contribution in [2.24, 2.45) is 5.41 Å². The van der Waals surface area contributed by atoms with Crippen molar-refractivity contribution in [2.45, 2.75) is 122 Å². The Morgan fingerprint density at radius 1 is 0.678 bits per heavy atom. The molecule has 0 radical (unpaired) electrons. The van der Waals surface area contributed by atoms with E-state index in [0.717, 1.165) is 112 Å². The van der Waals surface area contributed by atoms with E-state index >= 15 is 0 Å². The molecule has 4 aromatic carbocycles. The molecule has 4 atom stereocenters. The second kappa shape index (κ2) is 25.2. The second-order valence-corrected chi connectivity index (χ2v) is 25.4. The topological polar surface area (TPSA) is 178 Å². The van der Waals surface area contributed by atoms with Crippen molar-refractivity contribution >= 4 is 56.4 Å². The molecule has 0 unspecified atom stereocenters. The molecule has 2 saturated carbocycles. The van der Waals surface area contributed by atoms with Crippen LogP contribution in [-0.2, 0) is 42.1 Å². The van der Waals surface area contributed by atoms with Crippen LogP contribution in [0.4, 0.5) is 23.0 Å². The highest BCUT2D eigenvalue weighted by Gasteiger charge is 2.41. The Balaban J connectivity index is 0.804. The molecule has 2 saturated heterocycles. The van der Waals surface area contributed by atoms with Crippen molar-refractivity contribution in [1.29, 1.82) is 10.5 Å². The zero-order valence-corrected chi connectivity index (χ0v) is 51.4. The van der Waals surface area contributed by atoms with Gasteiger partial charge in [-0.2, -0.15) is 30.5 Å². The van der Waals surface area contributed by atoms with Crippen LogP contribution < -0.4 is 29.1 Å². The molecule has 4 aliphatic heterocycles. The van der Waals surface area contributed by atoms with E-state index in [1.807, 2.05) is 0 Å². The molecule has 87 heavy (non-hydrogen) atoms. The van der Waals surface area contributed by atoms with Gasteiger partial charge in [0, 0.05) is 110 Å². The van der Waals surface area contributed by atoms with Gasteiger partial charge in [0.05, 0.1) is 68.1 Å². The summed E-state index contributed by atoms with van der Waals surface area (Å²) in [6.45, 7) is 19.7. The molecule has 6 aliphatic rings. The summed E-state index contributed by atoms with van der Waals surface area (Å²) in [5.74, 6) is 1.36. The number of anilines is 4. The van der Waals surface area contributed by atoms with Crippen LogP contribution in [-0.4, -0.2) is 162 Å². The molecular weight excluding hydrogens is 1090 g/mol.